The van der Waals surface area contributed by atoms with E-state index in [1.807, 2.05) is 0 Å². The zero-order valence-corrected chi connectivity index (χ0v) is 9.48. The second-order valence-electron chi connectivity index (χ2n) is 3.78. The Morgan fingerprint density at radius 1 is 1.33 bits per heavy atom. The number of anilines is 1. The molecule has 18 heavy (non-hydrogen) atoms. The number of amides is 1. The number of hydrogen-bond acceptors (Lipinski definition) is 3. The maximum atomic E-state index is 11.9. The SMILES string of the molecule is CC(=O)Nc1ccc2[nH]cc(C(=O)O)c(=O)c2c1. The fraction of sp³-hybridized carbons (Fsp3) is 0.0833. The second kappa shape index (κ2) is 4.33. The lowest BCUT2D eigenvalue weighted by Crippen LogP contribution is -2.15. The highest BCUT2D eigenvalue weighted by Crippen LogP contribution is 2.15. The first-order chi connectivity index (χ1) is 8.49. The number of hydrogen-bond donors (Lipinski definition) is 3. The van der Waals surface area contributed by atoms with Crippen LogP contribution >= 0.6 is 0 Å². The zero-order chi connectivity index (χ0) is 13.3. The molecule has 2 aromatic rings. The summed E-state index contributed by atoms with van der Waals surface area (Å²) in [6.07, 6.45) is 1.16. The van der Waals surface area contributed by atoms with E-state index in [0.29, 0.717) is 11.2 Å². The van der Waals surface area contributed by atoms with Gasteiger partial charge in [0.1, 0.15) is 5.56 Å². The second-order valence-corrected chi connectivity index (χ2v) is 3.78. The molecule has 0 aliphatic rings. The number of benzene rings is 1. The van der Waals surface area contributed by atoms with Crippen molar-refractivity contribution in [1.29, 1.82) is 0 Å². The minimum Gasteiger partial charge on any atom is -0.477 e. The summed E-state index contributed by atoms with van der Waals surface area (Å²) in [4.78, 5) is 36.4. The van der Waals surface area contributed by atoms with Crippen molar-refractivity contribution in [2.75, 3.05) is 5.32 Å². The van der Waals surface area contributed by atoms with E-state index in [-0.39, 0.29) is 16.9 Å². The van der Waals surface area contributed by atoms with E-state index in [1.165, 1.54) is 13.0 Å². The van der Waals surface area contributed by atoms with Crippen LogP contribution in [0.25, 0.3) is 10.9 Å². The van der Waals surface area contributed by atoms with Crippen LogP contribution < -0.4 is 10.7 Å². The minimum atomic E-state index is -1.29. The highest BCUT2D eigenvalue weighted by Gasteiger charge is 2.11. The van der Waals surface area contributed by atoms with Crippen LogP contribution in [-0.2, 0) is 4.79 Å². The topological polar surface area (TPSA) is 99.3 Å². The summed E-state index contributed by atoms with van der Waals surface area (Å²) >= 11 is 0. The van der Waals surface area contributed by atoms with Gasteiger partial charge >= 0.3 is 5.97 Å². The van der Waals surface area contributed by atoms with Crippen LogP contribution in [0.1, 0.15) is 17.3 Å². The minimum absolute atomic E-state index is 0.223. The molecule has 0 saturated heterocycles. The monoisotopic (exact) mass is 246 g/mol. The fourth-order valence-electron chi connectivity index (χ4n) is 1.66. The Morgan fingerprint density at radius 3 is 2.67 bits per heavy atom. The zero-order valence-electron chi connectivity index (χ0n) is 9.48. The third-order valence-electron chi connectivity index (χ3n) is 2.43. The van der Waals surface area contributed by atoms with Gasteiger partial charge in [-0.25, -0.2) is 4.79 Å². The molecule has 1 amide bonds. The molecule has 2 rings (SSSR count). The van der Waals surface area contributed by atoms with Gasteiger partial charge in [0.25, 0.3) is 0 Å². The molecule has 6 nitrogen and oxygen atoms in total. The van der Waals surface area contributed by atoms with Crippen molar-refractivity contribution in [3.05, 3.63) is 40.2 Å². The molecule has 3 N–H and O–H groups in total. The standard InChI is InChI=1S/C12H10N2O4/c1-6(15)14-7-2-3-10-8(4-7)11(16)9(5-13-10)12(17)18/h2-5H,1H3,(H,13,16)(H,14,15)(H,17,18). The van der Waals surface area contributed by atoms with E-state index in [0.717, 1.165) is 6.20 Å². The number of aromatic nitrogens is 1. The maximum absolute atomic E-state index is 11.9. The summed E-state index contributed by atoms with van der Waals surface area (Å²) in [7, 11) is 0. The van der Waals surface area contributed by atoms with Crippen molar-refractivity contribution in [2.24, 2.45) is 0 Å². The van der Waals surface area contributed by atoms with E-state index in [4.69, 9.17) is 5.11 Å². The molecule has 92 valence electrons. The largest absolute Gasteiger partial charge is 0.477 e. The third-order valence-corrected chi connectivity index (χ3v) is 2.43. The highest BCUT2D eigenvalue weighted by atomic mass is 16.4. The van der Waals surface area contributed by atoms with Crippen LogP contribution in [0.15, 0.2) is 29.2 Å². The van der Waals surface area contributed by atoms with Crippen molar-refractivity contribution >= 4 is 28.5 Å². The van der Waals surface area contributed by atoms with E-state index < -0.39 is 11.4 Å². The first-order valence-corrected chi connectivity index (χ1v) is 5.15. The summed E-state index contributed by atoms with van der Waals surface area (Å²) in [5, 5.41) is 11.6. The van der Waals surface area contributed by atoms with Gasteiger partial charge in [-0.3, -0.25) is 9.59 Å². The van der Waals surface area contributed by atoms with E-state index in [2.05, 4.69) is 10.3 Å². The van der Waals surface area contributed by atoms with Crippen molar-refractivity contribution in [3.8, 4) is 0 Å². The fourth-order valence-corrected chi connectivity index (χ4v) is 1.66. The van der Waals surface area contributed by atoms with Crippen molar-refractivity contribution in [2.45, 2.75) is 6.92 Å². The van der Waals surface area contributed by atoms with Crippen LogP contribution in [-0.4, -0.2) is 22.0 Å². The van der Waals surface area contributed by atoms with Gasteiger partial charge in [0.2, 0.25) is 11.3 Å². The number of H-pyrrole nitrogens is 1. The van der Waals surface area contributed by atoms with Gasteiger partial charge in [-0.2, -0.15) is 0 Å². The van der Waals surface area contributed by atoms with Crippen molar-refractivity contribution < 1.29 is 14.7 Å². The number of fused-ring (bicyclic) bond motifs is 1. The molecule has 0 fully saturated rings. The Bertz CT molecular complexity index is 703. The lowest BCUT2D eigenvalue weighted by atomic mass is 10.1. The Balaban J connectivity index is 2.66. The lowest BCUT2D eigenvalue weighted by Gasteiger charge is -2.04. The number of aromatic amines is 1. The van der Waals surface area contributed by atoms with Crippen LogP contribution in [0.2, 0.25) is 0 Å². The molecule has 0 atom stereocenters. The van der Waals surface area contributed by atoms with E-state index in [9.17, 15) is 14.4 Å². The number of carbonyl (C=O) groups excluding carboxylic acids is 1. The average Bonchev–Trinajstić information content (AvgIpc) is 2.29. The van der Waals surface area contributed by atoms with Gasteiger partial charge in [0, 0.05) is 29.7 Å². The van der Waals surface area contributed by atoms with Crippen LogP contribution in [0.5, 0.6) is 0 Å². The third kappa shape index (κ3) is 2.08. The summed E-state index contributed by atoms with van der Waals surface area (Å²) in [6, 6.07) is 4.68. The van der Waals surface area contributed by atoms with Crippen LogP contribution in [0.3, 0.4) is 0 Å². The number of carboxylic acid groups (broad SMARTS) is 1. The lowest BCUT2D eigenvalue weighted by molar-refractivity contribution is -0.114. The van der Waals surface area contributed by atoms with Crippen molar-refractivity contribution in [3.63, 3.8) is 0 Å². The molecule has 1 heterocycles. The molecular formula is C12H10N2O4. The summed E-state index contributed by atoms with van der Waals surface area (Å²) in [5.74, 6) is -1.55. The molecule has 0 aliphatic carbocycles. The first kappa shape index (κ1) is 11.8. The average molecular weight is 246 g/mol. The number of rotatable bonds is 2. The molecule has 0 spiro atoms. The molecule has 0 saturated carbocycles. The molecule has 6 heteroatoms. The van der Waals surface area contributed by atoms with Gasteiger partial charge in [-0.15, -0.1) is 0 Å². The number of aromatic carboxylic acids is 1. The van der Waals surface area contributed by atoms with Gasteiger partial charge in [0.05, 0.1) is 0 Å². The molecular weight excluding hydrogens is 236 g/mol. The summed E-state index contributed by atoms with van der Waals surface area (Å²) in [5.41, 5.74) is 0.0491. The van der Waals surface area contributed by atoms with Gasteiger partial charge in [-0.05, 0) is 18.2 Å². The van der Waals surface area contributed by atoms with E-state index in [1.54, 1.807) is 12.1 Å². The molecule has 1 aromatic carbocycles. The van der Waals surface area contributed by atoms with Crippen LogP contribution in [0, 0.1) is 0 Å². The van der Waals surface area contributed by atoms with Gasteiger partial charge in [0.15, 0.2) is 0 Å². The Labute approximate surface area is 101 Å². The summed E-state index contributed by atoms with van der Waals surface area (Å²) < 4.78 is 0. The quantitative estimate of drug-likeness (QED) is 0.740. The summed E-state index contributed by atoms with van der Waals surface area (Å²) in [6.45, 7) is 1.35. The normalized spacial score (nSPS) is 10.3. The molecule has 0 unspecified atom stereocenters. The van der Waals surface area contributed by atoms with Gasteiger partial charge in [-0.1, -0.05) is 0 Å². The van der Waals surface area contributed by atoms with Crippen LogP contribution in [0.4, 0.5) is 5.69 Å². The number of pyridine rings is 1. The number of carboxylic acids is 1. The maximum Gasteiger partial charge on any atom is 0.341 e. The predicted molar refractivity (Wildman–Crippen MR) is 65.8 cm³/mol. The molecule has 0 aliphatic heterocycles. The van der Waals surface area contributed by atoms with Gasteiger partial charge < -0.3 is 15.4 Å². The van der Waals surface area contributed by atoms with Crippen molar-refractivity contribution in [1.82, 2.24) is 4.98 Å². The molecule has 1 aromatic heterocycles. The number of nitrogens with one attached hydrogen (secondary N) is 2. The Hall–Kier alpha value is -2.63. The Kier molecular flexibility index (Phi) is 2.85. The highest BCUT2D eigenvalue weighted by molar-refractivity contribution is 5.95. The first-order valence-electron chi connectivity index (χ1n) is 5.15. The molecule has 0 radical (unpaired) electrons. The smallest absolute Gasteiger partial charge is 0.341 e. The Morgan fingerprint density at radius 2 is 2.06 bits per heavy atom. The molecule has 0 bridgehead atoms. The predicted octanol–water partition coefficient (Wildman–Crippen LogP) is 1.18. The van der Waals surface area contributed by atoms with E-state index >= 15 is 0 Å². The number of carbonyl (C=O) groups is 2.